The molecule has 0 bridgehead atoms. The van der Waals surface area contributed by atoms with E-state index >= 15 is 0 Å². The Morgan fingerprint density at radius 3 is 2.84 bits per heavy atom. The molecule has 1 N–H and O–H groups in total. The minimum absolute atomic E-state index is 0.0683. The molecule has 0 unspecified atom stereocenters. The number of benzene rings is 1. The maximum Gasteiger partial charge on any atom is 0.308 e. The molecule has 1 aromatic carbocycles. The molecule has 0 radical (unpaired) electrons. The first-order valence-corrected chi connectivity index (χ1v) is 7.78. The Hall–Kier alpha value is -3.23. The fourth-order valence-electron chi connectivity index (χ4n) is 2.86. The minimum atomic E-state index is -0.903. The van der Waals surface area contributed by atoms with Gasteiger partial charge in [0.05, 0.1) is 16.5 Å². The van der Waals surface area contributed by atoms with Crippen molar-refractivity contribution in [3.05, 3.63) is 52.3 Å². The van der Waals surface area contributed by atoms with Crippen molar-refractivity contribution in [3.63, 3.8) is 0 Å². The highest BCUT2D eigenvalue weighted by atomic mass is 16.6. The lowest BCUT2D eigenvalue weighted by molar-refractivity contribution is -0.384. The van der Waals surface area contributed by atoms with Crippen LogP contribution in [0.3, 0.4) is 0 Å². The van der Waals surface area contributed by atoms with E-state index in [-0.39, 0.29) is 23.8 Å². The predicted octanol–water partition coefficient (Wildman–Crippen LogP) is 1.72. The molecular formula is C16H16N4O5. The Bertz CT molecular complexity index is 831. The number of aliphatic carboxylic acids is 1. The van der Waals surface area contributed by atoms with E-state index in [1.165, 1.54) is 27.8 Å². The van der Waals surface area contributed by atoms with E-state index in [4.69, 9.17) is 5.11 Å². The van der Waals surface area contributed by atoms with Crippen LogP contribution in [0.2, 0.25) is 0 Å². The van der Waals surface area contributed by atoms with E-state index in [0.29, 0.717) is 25.1 Å². The molecule has 25 heavy (non-hydrogen) atoms. The molecule has 0 aliphatic carbocycles. The number of piperidine rings is 1. The molecule has 1 amide bonds. The third kappa shape index (κ3) is 3.49. The third-order valence-electron chi connectivity index (χ3n) is 4.17. The van der Waals surface area contributed by atoms with Gasteiger partial charge in [-0.3, -0.25) is 19.7 Å². The topological polar surface area (TPSA) is 119 Å². The largest absolute Gasteiger partial charge is 0.481 e. The molecule has 9 heteroatoms. The van der Waals surface area contributed by atoms with Crippen LogP contribution in [-0.4, -0.2) is 49.7 Å². The lowest BCUT2D eigenvalue weighted by Gasteiger charge is -2.30. The van der Waals surface area contributed by atoms with Gasteiger partial charge in [0, 0.05) is 31.4 Å². The molecule has 0 saturated carbocycles. The van der Waals surface area contributed by atoms with Gasteiger partial charge in [0.15, 0.2) is 5.69 Å². The molecule has 9 nitrogen and oxygen atoms in total. The van der Waals surface area contributed by atoms with Crippen molar-refractivity contribution >= 4 is 17.6 Å². The molecule has 1 aliphatic heterocycles. The number of hydrogen-bond donors (Lipinski definition) is 1. The van der Waals surface area contributed by atoms with Crippen molar-refractivity contribution in [2.75, 3.05) is 13.1 Å². The number of nitrogens with zero attached hydrogens (tertiary/aromatic N) is 4. The highest BCUT2D eigenvalue weighted by molar-refractivity contribution is 5.92. The highest BCUT2D eigenvalue weighted by Crippen LogP contribution is 2.20. The number of amides is 1. The standard InChI is InChI=1S/C16H16N4O5/c21-15(18-7-2-3-11(10-18)16(22)23)14-6-8-19(17-14)12-4-1-5-13(9-12)20(24)25/h1,4-6,8-9,11H,2-3,7,10H2,(H,22,23)/t11-/m0/s1. The van der Waals surface area contributed by atoms with Crippen LogP contribution in [0.25, 0.3) is 5.69 Å². The van der Waals surface area contributed by atoms with Gasteiger partial charge in [-0.25, -0.2) is 4.68 Å². The summed E-state index contributed by atoms with van der Waals surface area (Å²) in [5.41, 5.74) is 0.578. The fourth-order valence-corrected chi connectivity index (χ4v) is 2.86. The van der Waals surface area contributed by atoms with Crippen molar-refractivity contribution in [2.24, 2.45) is 5.92 Å². The molecule has 3 rings (SSSR count). The average molecular weight is 344 g/mol. The Morgan fingerprint density at radius 2 is 2.12 bits per heavy atom. The summed E-state index contributed by atoms with van der Waals surface area (Å²) in [5.74, 6) is -1.80. The van der Waals surface area contributed by atoms with Crippen LogP contribution in [0, 0.1) is 16.0 Å². The minimum Gasteiger partial charge on any atom is -0.481 e. The van der Waals surface area contributed by atoms with Crippen LogP contribution in [0.4, 0.5) is 5.69 Å². The van der Waals surface area contributed by atoms with Crippen LogP contribution >= 0.6 is 0 Å². The maximum atomic E-state index is 12.5. The lowest BCUT2D eigenvalue weighted by Crippen LogP contribution is -2.42. The first kappa shape index (κ1) is 16.6. The van der Waals surface area contributed by atoms with Crippen LogP contribution < -0.4 is 0 Å². The number of rotatable bonds is 4. The summed E-state index contributed by atoms with van der Waals surface area (Å²) < 4.78 is 1.39. The smallest absolute Gasteiger partial charge is 0.308 e. The summed E-state index contributed by atoms with van der Waals surface area (Å²) in [6, 6.07) is 7.45. The van der Waals surface area contributed by atoms with Gasteiger partial charge in [-0.05, 0) is 25.0 Å². The summed E-state index contributed by atoms with van der Waals surface area (Å²) in [7, 11) is 0. The zero-order valence-electron chi connectivity index (χ0n) is 13.2. The molecule has 1 aliphatic rings. The summed E-state index contributed by atoms with van der Waals surface area (Å²) in [6.45, 7) is 0.657. The normalized spacial score (nSPS) is 17.3. The molecule has 1 atom stereocenters. The maximum absolute atomic E-state index is 12.5. The molecule has 1 aromatic heterocycles. The van der Waals surface area contributed by atoms with E-state index in [0.717, 1.165) is 0 Å². The first-order valence-electron chi connectivity index (χ1n) is 7.78. The number of carboxylic acid groups (broad SMARTS) is 1. The zero-order chi connectivity index (χ0) is 18.0. The van der Waals surface area contributed by atoms with Gasteiger partial charge in [0.2, 0.25) is 0 Å². The second-order valence-corrected chi connectivity index (χ2v) is 5.85. The first-order chi connectivity index (χ1) is 12.0. The van der Waals surface area contributed by atoms with Crippen molar-refractivity contribution in [1.29, 1.82) is 0 Å². The van der Waals surface area contributed by atoms with Gasteiger partial charge >= 0.3 is 5.97 Å². The molecular weight excluding hydrogens is 328 g/mol. The number of nitro groups is 1. The quantitative estimate of drug-likeness (QED) is 0.666. The number of carbonyl (C=O) groups excluding carboxylic acids is 1. The van der Waals surface area contributed by atoms with Gasteiger partial charge < -0.3 is 10.0 Å². The van der Waals surface area contributed by atoms with Gasteiger partial charge in [0.25, 0.3) is 11.6 Å². The SMILES string of the molecule is O=C(O)[C@H]1CCCN(C(=O)c2ccn(-c3cccc([N+](=O)[O-])c3)n2)C1. The summed E-state index contributed by atoms with van der Waals surface area (Å²) in [5, 5.41) is 24.2. The van der Waals surface area contributed by atoms with Crippen LogP contribution in [0.1, 0.15) is 23.3 Å². The summed E-state index contributed by atoms with van der Waals surface area (Å²) >= 11 is 0. The third-order valence-corrected chi connectivity index (χ3v) is 4.17. The van der Waals surface area contributed by atoms with Crippen LogP contribution in [0.5, 0.6) is 0 Å². The van der Waals surface area contributed by atoms with Crippen molar-refractivity contribution in [1.82, 2.24) is 14.7 Å². The van der Waals surface area contributed by atoms with Gasteiger partial charge in [0.1, 0.15) is 0 Å². The van der Waals surface area contributed by atoms with Gasteiger partial charge in [-0.15, -0.1) is 0 Å². The second-order valence-electron chi connectivity index (χ2n) is 5.85. The average Bonchev–Trinajstić information content (AvgIpc) is 3.11. The van der Waals surface area contributed by atoms with Crippen molar-refractivity contribution in [3.8, 4) is 5.69 Å². The Labute approximate surface area is 142 Å². The van der Waals surface area contributed by atoms with Crippen LogP contribution in [-0.2, 0) is 4.79 Å². The van der Waals surface area contributed by atoms with E-state index in [1.807, 2.05) is 0 Å². The molecule has 1 fully saturated rings. The number of aromatic nitrogens is 2. The number of non-ortho nitro benzene ring substituents is 1. The monoisotopic (exact) mass is 344 g/mol. The van der Waals surface area contributed by atoms with E-state index in [9.17, 15) is 19.7 Å². The van der Waals surface area contributed by atoms with Crippen LogP contribution in [0.15, 0.2) is 36.5 Å². The number of carboxylic acids is 1. The molecule has 2 aromatic rings. The molecule has 0 spiro atoms. The van der Waals surface area contributed by atoms with Gasteiger partial charge in [-0.2, -0.15) is 5.10 Å². The molecule has 1 saturated heterocycles. The van der Waals surface area contributed by atoms with E-state index < -0.39 is 16.8 Å². The fraction of sp³-hybridized carbons (Fsp3) is 0.312. The number of carbonyl (C=O) groups is 2. The Morgan fingerprint density at radius 1 is 1.32 bits per heavy atom. The zero-order valence-corrected chi connectivity index (χ0v) is 13.2. The number of nitro benzene ring substituents is 1. The highest BCUT2D eigenvalue weighted by Gasteiger charge is 2.29. The van der Waals surface area contributed by atoms with E-state index in [2.05, 4.69) is 5.10 Å². The predicted molar refractivity (Wildman–Crippen MR) is 86.5 cm³/mol. The number of hydrogen-bond acceptors (Lipinski definition) is 5. The summed E-state index contributed by atoms with van der Waals surface area (Å²) in [6.07, 6.45) is 2.74. The molecule has 130 valence electrons. The van der Waals surface area contributed by atoms with Crippen molar-refractivity contribution < 1.29 is 19.6 Å². The lowest BCUT2D eigenvalue weighted by atomic mass is 9.98. The Balaban J connectivity index is 1.79. The Kier molecular flexibility index (Phi) is 4.46. The summed E-state index contributed by atoms with van der Waals surface area (Å²) in [4.78, 5) is 35.5. The second kappa shape index (κ2) is 6.71. The van der Waals surface area contributed by atoms with Gasteiger partial charge in [-0.1, -0.05) is 6.07 Å². The van der Waals surface area contributed by atoms with E-state index in [1.54, 1.807) is 18.3 Å². The number of likely N-dealkylation sites (tertiary alicyclic amines) is 1. The molecule has 2 heterocycles. The van der Waals surface area contributed by atoms with Crippen molar-refractivity contribution in [2.45, 2.75) is 12.8 Å².